The first-order valence-corrected chi connectivity index (χ1v) is 7.98. The largest absolute Gasteiger partial charge is 0.375 e. The Morgan fingerprint density at radius 1 is 1.23 bits per heavy atom. The van der Waals surface area contributed by atoms with E-state index in [1.807, 2.05) is 19.0 Å². The lowest BCUT2D eigenvalue weighted by Crippen LogP contribution is -2.18. The third kappa shape index (κ3) is 4.76. The van der Waals surface area contributed by atoms with Crippen molar-refractivity contribution in [2.45, 2.75) is 13.1 Å². The lowest BCUT2D eigenvalue weighted by Gasteiger charge is -2.12. The number of halogens is 1. The first kappa shape index (κ1) is 19.3. The van der Waals surface area contributed by atoms with E-state index in [2.05, 4.69) is 10.6 Å². The number of amides is 1. The second-order valence-electron chi connectivity index (χ2n) is 6.09. The molecule has 0 aromatic heterocycles. The van der Waals surface area contributed by atoms with Crippen LogP contribution in [0.2, 0.25) is 0 Å². The molecule has 2 rings (SSSR count). The smallest absolute Gasteiger partial charge is 0.293 e. The van der Waals surface area contributed by atoms with Crippen molar-refractivity contribution < 1.29 is 14.1 Å². The molecular weight excluding hydrogens is 339 g/mol. The van der Waals surface area contributed by atoms with Crippen LogP contribution in [0.3, 0.4) is 0 Å². The number of hydrogen-bond acceptors (Lipinski definition) is 5. The quantitative estimate of drug-likeness (QED) is 0.586. The number of rotatable bonds is 7. The zero-order chi connectivity index (χ0) is 19.3. The Hall–Kier alpha value is -3.00. The Kier molecular flexibility index (Phi) is 6.24. The van der Waals surface area contributed by atoms with Gasteiger partial charge in [-0.2, -0.15) is 0 Å². The minimum atomic E-state index is -0.560. The molecule has 0 spiro atoms. The number of nitro groups is 1. The third-order valence-electron chi connectivity index (χ3n) is 3.77. The summed E-state index contributed by atoms with van der Waals surface area (Å²) in [6.45, 7) is 0.714. The van der Waals surface area contributed by atoms with Crippen LogP contribution < -0.4 is 10.6 Å². The Bertz CT molecular complexity index is 824. The van der Waals surface area contributed by atoms with E-state index < -0.39 is 10.8 Å². The van der Waals surface area contributed by atoms with Crippen LogP contribution in [0.25, 0.3) is 0 Å². The average molecular weight is 360 g/mol. The van der Waals surface area contributed by atoms with Gasteiger partial charge in [-0.15, -0.1) is 0 Å². The second-order valence-corrected chi connectivity index (χ2v) is 6.09. The van der Waals surface area contributed by atoms with Crippen molar-refractivity contribution in [1.82, 2.24) is 10.2 Å². The van der Waals surface area contributed by atoms with Crippen LogP contribution in [0.15, 0.2) is 36.4 Å². The van der Waals surface area contributed by atoms with Crippen LogP contribution in [-0.2, 0) is 13.1 Å². The number of nitro benzene ring substituents is 1. The molecule has 0 radical (unpaired) electrons. The summed E-state index contributed by atoms with van der Waals surface area (Å²) < 4.78 is 14.1. The average Bonchev–Trinajstić information content (AvgIpc) is 2.60. The van der Waals surface area contributed by atoms with Gasteiger partial charge in [-0.3, -0.25) is 14.9 Å². The highest BCUT2D eigenvalue weighted by Crippen LogP contribution is 2.26. The number of anilines is 1. The molecule has 0 fully saturated rings. The normalized spacial score (nSPS) is 10.7. The molecule has 2 N–H and O–H groups in total. The van der Waals surface area contributed by atoms with Crippen molar-refractivity contribution in [2.75, 3.05) is 26.5 Å². The SMILES string of the molecule is CNC(=O)c1ccc(NCc2ccc(CN(C)C)c(F)c2)c([N+](=O)[O-])c1. The fourth-order valence-corrected chi connectivity index (χ4v) is 2.48. The molecule has 0 aliphatic carbocycles. The number of nitrogens with one attached hydrogen (secondary N) is 2. The van der Waals surface area contributed by atoms with E-state index in [1.165, 1.54) is 31.3 Å². The second kappa shape index (κ2) is 8.39. The van der Waals surface area contributed by atoms with Gasteiger partial charge >= 0.3 is 0 Å². The maximum atomic E-state index is 14.1. The van der Waals surface area contributed by atoms with Crippen molar-refractivity contribution in [2.24, 2.45) is 0 Å². The fraction of sp³-hybridized carbons (Fsp3) is 0.278. The molecule has 0 unspecified atom stereocenters. The van der Waals surface area contributed by atoms with E-state index in [9.17, 15) is 19.3 Å². The van der Waals surface area contributed by atoms with Gasteiger partial charge in [-0.05, 0) is 37.9 Å². The molecule has 26 heavy (non-hydrogen) atoms. The first-order valence-electron chi connectivity index (χ1n) is 7.98. The van der Waals surface area contributed by atoms with Crippen molar-refractivity contribution in [3.8, 4) is 0 Å². The van der Waals surface area contributed by atoms with Gasteiger partial charge in [-0.25, -0.2) is 4.39 Å². The summed E-state index contributed by atoms with van der Waals surface area (Å²) >= 11 is 0. The van der Waals surface area contributed by atoms with Crippen LogP contribution in [0.5, 0.6) is 0 Å². The predicted molar refractivity (Wildman–Crippen MR) is 97.6 cm³/mol. The summed E-state index contributed by atoms with van der Waals surface area (Å²) in [4.78, 5) is 24.2. The van der Waals surface area contributed by atoms with E-state index in [1.54, 1.807) is 12.1 Å². The Balaban J connectivity index is 2.17. The highest BCUT2D eigenvalue weighted by atomic mass is 19.1. The van der Waals surface area contributed by atoms with Gasteiger partial charge in [0.2, 0.25) is 0 Å². The van der Waals surface area contributed by atoms with Gasteiger partial charge in [0.05, 0.1) is 4.92 Å². The van der Waals surface area contributed by atoms with Gasteiger partial charge in [0.15, 0.2) is 0 Å². The highest BCUT2D eigenvalue weighted by molar-refractivity contribution is 5.95. The van der Waals surface area contributed by atoms with Crippen LogP contribution in [0.4, 0.5) is 15.8 Å². The number of carbonyl (C=O) groups excluding carboxylic acids is 1. The summed E-state index contributed by atoms with van der Waals surface area (Å²) in [5.74, 6) is -0.722. The number of nitrogens with zero attached hydrogens (tertiary/aromatic N) is 2. The standard InChI is InChI=1S/C18H21FN4O3/c1-20-18(24)13-6-7-16(17(9-13)23(25)26)21-10-12-4-5-14(11-22(2)3)15(19)8-12/h4-9,21H,10-11H2,1-3H3,(H,20,24). The fourth-order valence-electron chi connectivity index (χ4n) is 2.48. The Labute approximate surface area is 151 Å². The van der Waals surface area contributed by atoms with Gasteiger partial charge in [0.25, 0.3) is 11.6 Å². The lowest BCUT2D eigenvalue weighted by molar-refractivity contribution is -0.384. The monoisotopic (exact) mass is 360 g/mol. The van der Waals surface area contributed by atoms with Gasteiger partial charge in [-0.1, -0.05) is 12.1 Å². The van der Waals surface area contributed by atoms with Crippen LogP contribution >= 0.6 is 0 Å². The van der Waals surface area contributed by atoms with Crippen molar-refractivity contribution in [3.05, 3.63) is 69.0 Å². The van der Waals surface area contributed by atoms with Gasteiger partial charge < -0.3 is 15.5 Å². The van der Waals surface area contributed by atoms with Crippen LogP contribution in [0, 0.1) is 15.9 Å². The molecule has 0 atom stereocenters. The molecule has 138 valence electrons. The third-order valence-corrected chi connectivity index (χ3v) is 3.77. The Morgan fingerprint density at radius 3 is 2.54 bits per heavy atom. The molecule has 1 amide bonds. The number of hydrogen-bond donors (Lipinski definition) is 2. The van der Waals surface area contributed by atoms with Crippen molar-refractivity contribution in [1.29, 1.82) is 0 Å². The van der Waals surface area contributed by atoms with Gasteiger partial charge in [0.1, 0.15) is 11.5 Å². The minimum absolute atomic E-state index is 0.198. The highest BCUT2D eigenvalue weighted by Gasteiger charge is 2.17. The number of carbonyl (C=O) groups is 1. The van der Waals surface area contributed by atoms with Crippen molar-refractivity contribution in [3.63, 3.8) is 0 Å². The van der Waals surface area contributed by atoms with Gasteiger partial charge in [0, 0.05) is 37.3 Å². The molecule has 0 bridgehead atoms. The van der Waals surface area contributed by atoms with E-state index in [0.717, 1.165) is 0 Å². The summed E-state index contributed by atoms with van der Waals surface area (Å²) in [6, 6.07) is 9.07. The summed E-state index contributed by atoms with van der Waals surface area (Å²) in [6.07, 6.45) is 0. The zero-order valence-electron chi connectivity index (χ0n) is 14.9. The maximum absolute atomic E-state index is 14.1. The molecule has 7 nitrogen and oxygen atoms in total. The predicted octanol–water partition coefficient (Wildman–Crippen LogP) is 2.77. The molecule has 0 saturated heterocycles. The molecule has 2 aromatic carbocycles. The molecule has 0 aliphatic rings. The zero-order valence-corrected chi connectivity index (χ0v) is 14.9. The van der Waals surface area contributed by atoms with E-state index >= 15 is 0 Å². The molecule has 2 aromatic rings. The van der Waals surface area contributed by atoms with E-state index in [-0.39, 0.29) is 29.3 Å². The topological polar surface area (TPSA) is 87.5 Å². The minimum Gasteiger partial charge on any atom is -0.375 e. The molecule has 8 heteroatoms. The Morgan fingerprint density at radius 2 is 1.96 bits per heavy atom. The lowest BCUT2D eigenvalue weighted by atomic mass is 10.1. The van der Waals surface area contributed by atoms with Crippen LogP contribution in [0.1, 0.15) is 21.5 Å². The maximum Gasteiger partial charge on any atom is 0.293 e. The number of benzene rings is 2. The van der Waals surface area contributed by atoms with E-state index in [0.29, 0.717) is 17.7 Å². The summed E-state index contributed by atoms with van der Waals surface area (Å²) in [5.41, 5.74) is 1.49. The van der Waals surface area contributed by atoms with Crippen LogP contribution in [-0.4, -0.2) is 36.9 Å². The summed E-state index contributed by atoms with van der Waals surface area (Å²) in [5, 5.41) is 16.6. The molecule has 0 aliphatic heterocycles. The molecule has 0 saturated carbocycles. The van der Waals surface area contributed by atoms with Crippen molar-refractivity contribution >= 4 is 17.3 Å². The molecule has 0 heterocycles. The summed E-state index contributed by atoms with van der Waals surface area (Å²) in [7, 11) is 5.17. The van der Waals surface area contributed by atoms with E-state index in [4.69, 9.17) is 0 Å². The first-order chi connectivity index (χ1) is 12.3. The molecular formula is C18H21FN4O3.